The number of fused-ring (bicyclic) bond motifs is 5. The van der Waals surface area contributed by atoms with Gasteiger partial charge >= 0.3 is 0 Å². The molecule has 0 saturated heterocycles. The number of allylic oxidation sites excluding steroid dienone is 16. The zero-order valence-electron chi connectivity index (χ0n) is 35.0. The van der Waals surface area contributed by atoms with Gasteiger partial charge in [0.2, 0.25) is 0 Å². The second-order valence-electron chi connectivity index (χ2n) is 15.5. The van der Waals surface area contributed by atoms with Gasteiger partial charge in [0.15, 0.2) is 0 Å². The molecule has 8 rings (SSSR count). The van der Waals surface area contributed by atoms with Gasteiger partial charge < -0.3 is 5.73 Å². The standard InChI is InChI=1S/C59H51N3/c1-4-5-6-7-14-32-53-33-19-17-27-48-28-18-20-34-56(48)59(53)44(2)22-21-31-49(41-52-42-50-29-15-16-30-51(50)43-57(52)59)46-36-38-54(39-37-46)62(61-3)58(60)55(47-25-12-9-13-26-47)40-35-45-23-10-8-11-24-45/h4-34,36-40,42-43,58H,1-3,35,41,60H2/b6-5-,14-7-,22-21-,27-17-,33-19-,49-31+,53-32-,55-40-. The van der Waals surface area contributed by atoms with Crippen molar-refractivity contribution in [2.45, 2.75) is 24.4 Å². The van der Waals surface area contributed by atoms with E-state index in [1.165, 1.54) is 38.6 Å². The Bertz CT molecular complexity index is 2840. The highest BCUT2D eigenvalue weighted by molar-refractivity contribution is 5.88. The molecule has 3 heteroatoms. The topological polar surface area (TPSA) is 41.6 Å². The lowest BCUT2D eigenvalue weighted by Gasteiger charge is -2.41. The molecule has 0 heterocycles. The van der Waals surface area contributed by atoms with E-state index in [0.29, 0.717) is 6.42 Å². The number of hydrazone groups is 1. The van der Waals surface area contributed by atoms with E-state index in [1.54, 1.807) is 6.08 Å². The molecule has 6 aromatic rings. The van der Waals surface area contributed by atoms with Gasteiger partial charge in [-0.05, 0) is 103 Å². The van der Waals surface area contributed by atoms with E-state index in [-0.39, 0.29) is 0 Å². The molecule has 0 radical (unpaired) electrons. The van der Waals surface area contributed by atoms with E-state index in [0.717, 1.165) is 45.5 Å². The Hall–Kier alpha value is -7.59. The number of anilines is 1. The first kappa shape index (κ1) is 41.2. The van der Waals surface area contributed by atoms with Gasteiger partial charge in [0.05, 0.1) is 11.1 Å². The highest BCUT2D eigenvalue weighted by Gasteiger charge is 2.42. The van der Waals surface area contributed by atoms with E-state index in [4.69, 9.17) is 12.3 Å². The molecule has 1 spiro atoms. The highest BCUT2D eigenvalue weighted by Crippen LogP contribution is 2.51. The van der Waals surface area contributed by atoms with Gasteiger partial charge in [-0.15, -0.1) is 0 Å². The highest BCUT2D eigenvalue weighted by atomic mass is 15.5. The average molecular weight is 802 g/mol. The number of benzene rings is 6. The molecule has 3 nitrogen and oxygen atoms in total. The predicted molar refractivity (Wildman–Crippen MR) is 267 cm³/mol. The Morgan fingerprint density at radius 1 is 0.710 bits per heavy atom. The van der Waals surface area contributed by atoms with Crippen LogP contribution < -0.4 is 10.7 Å². The fourth-order valence-electron chi connectivity index (χ4n) is 8.78. The minimum absolute atomic E-state index is 0.565. The van der Waals surface area contributed by atoms with Crippen LogP contribution in [0.1, 0.15) is 38.9 Å². The number of nitrogens with two attached hydrogens (primary N) is 1. The molecule has 2 aliphatic carbocycles. The molecule has 0 saturated carbocycles. The minimum atomic E-state index is -0.718. The molecular formula is C59H51N3. The largest absolute Gasteiger partial charge is 0.306 e. The molecule has 2 aliphatic rings. The van der Waals surface area contributed by atoms with Crippen LogP contribution in [0.25, 0.3) is 28.0 Å². The van der Waals surface area contributed by atoms with E-state index < -0.39 is 11.6 Å². The van der Waals surface area contributed by atoms with Gasteiger partial charge in [0.25, 0.3) is 0 Å². The van der Waals surface area contributed by atoms with E-state index in [1.807, 2.05) is 41.4 Å². The van der Waals surface area contributed by atoms with Crippen molar-refractivity contribution in [3.63, 3.8) is 0 Å². The monoisotopic (exact) mass is 801 g/mol. The summed E-state index contributed by atoms with van der Waals surface area (Å²) in [6.07, 6.45) is 30.5. The van der Waals surface area contributed by atoms with Crippen molar-refractivity contribution < 1.29 is 0 Å². The summed E-state index contributed by atoms with van der Waals surface area (Å²) in [5.41, 5.74) is 19.6. The van der Waals surface area contributed by atoms with Crippen molar-refractivity contribution in [2.24, 2.45) is 10.8 Å². The molecule has 0 amide bonds. The van der Waals surface area contributed by atoms with E-state index in [2.05, 4.69) is 207 Å². The Morgan fingerprint density at radius 2 is 1.39 bits per heavy atom. The summed E-state index contributed by atoms with van der Waals surface area (Å²) in [5, 5.41) is 8.67. The van der Waals surface area contributed by atoms with Gasteiger partial charge in [-0.3, -0.25) is 0 Å². The number of hydrogen-bond acceptors (Lipinski definition) is 3. The average Bonchev–Trinajstić information content (AvgIpc) is 3.36. The van der Waals surface area contributed by atoms with Crippen molar-refractivity contribution in [3.8, 4) is 0 Å². The van der Waals surface area contributed by atoms with Crippen LogP contribution in [-0.4, -0.2) is 12.9 Å². The fraction of sp³-hybridized carbons (Fsp3) is 0.0678. The third-order valence-electron chi connectivity index (χ3n) is 11.8. The van der Waals surface area contributed by atoms with Crippen LogP contribution in [0.5, 0.6) is 0 Å². The Labute approximate surface area is 367 Å². The summed E-state index contributed by atoms with van der Waals surface area (Å²) in [4.78, 5) is 0. The molecule has 0 aromatic heterocycles. The maximum atomic E-state index is 7.10. The van der Waals surface area contributed by atoms with Crippen molar-refractivity contribution in [1.29, 1.82) is 0 Å². The maximum absolute atomic E-state index is 7.10. The zero-order chi connectivity index (χ0) is 42.7. The number of rotatable bonds is 11. The van der Waals surface area contributed by atoms with E-state index >= 15 is 0 Å². The summed E-state index contributed by atoms with van der Waals surface area (Å²) in [6, 6.07) is 51.4. The molecule has 0 fully saturated rings. The van der Waals surface area contributed by atoms with Crippen LogP contribution in [0.15, 0.2) is 254 Å². The van der Waals surface area contributed by atoms with Crippen molar-refractivity contribution in [2.75, 3.05) is 5.01 Å². The minimum Gasteiger partial charge on any atom is -0.306 e. The summed E-state index contributed by atoms with van der Waals surface area (Å²) in [7, 11) is 0. The van der Waals surface area contributed by atoms with Crippen LogP contribution in [-0.2, 0) is 18.3 Å². The molecule has 2 atom stereocenters. The fourth-order valence-corrected chi connectivity index (χ4v) is 8.78. The summed E-state index contributed by atoms with van der Waals surface area (Å²) in [5.74, 6) is 0. The Balaban J connectivity index is 1.22. The molecule has 302 valence electrons. The molecule has 0 bridgehead atoms. The lowest BCUT2D eigenvalue weighted by atomic mass is 9.61. The van der Waals surface area contributed by atoms with Gasteiger partial charge in [-0.1, -0.05) is 226 Å². The second kappa shape index (κ2) is 19.2. The van der Waals surface area contributed by atoms with Crippen LogP contribution >= 0.6 is 0 Å². The van der Waals surface area contributed by atoms with Gasteiger partial charge in [0.1, 0.15) is 6.17 Å². The van der Waals surface area contributed by atoms with E-state index in [9.17, 15) is 0 Å². The van der Waals surface area contributed by atoms with Crippen molar-refractivity contribution >= 4 is 40.4 Å². The third-order valence-corrected chi connectivity index (χ3v) is 11.8. The van der Waals surface area contributed by atoms with Gasteiger partial charge in [-0.2, -0.15) is 5.10 Å². The Kier molecular flexibility index (Phi) is 12.7. The van der Waals surface area contributed by atoms with Gasteiger partial charge in [0, 0.05) is 6.72 Å². The van der Waals surface area contributed by atoms with Crippen LogP contribution in [0.2, 0.25) is 0 Å². The van der Waals surface area contributed by atoms with Crippen molar-refractivity contribution in [1.82, 2.24) is 0 Å². The van der Waals surface area contributed by atoms with Crippen LogP contribution in [0, 0.1) is 0 Å². The maximum Gasteiger partial charge on any atom is 0.125 e. The normalized spacial score (nSPS) is 19.9. The second-order valence-corrected chi connectivity index (χ2v) is 15.5. The first-order valence-corrected chi connectivity index (χ1v) is 21.1. The molecule has 0 aliphatic heterocycles. The summed E-state index contributed by atoms with van der Waals surface area (Å²) >= 11 is 0. The zero-order valence-corrected chi connectivity index (χ0v) is 35.0. The quantitative estimate of drug-likeness (QED) is 0.0614. The molecule has 2 unspecified atom stereocenters. The Morgan fingerprint density at radius 3 is 2.15 bits per heavy atom. The lowest BCUT2D eigenvalue weighted by Crippen LogP contribution is -2.39. The van der Waals surface area contributed by atoms with Crippen LogP contribution in [0.3, 0.4) is 0 Å². The predicted octanol–water partition coefficient (Wildman–Crippen LogP) is 13.7. The number of nitrogens with zero attached hydrogens (tertiary/aromatic N) is 2. The van der Waals surface area contributed by atoms with Crippen molar-refractivity contribution in [3.05, 3.63) is 288 Å². The first-order valence-electron chi connectivity index (χ1n) is 21.1. The third kappa shape index (κ3) is 8.53. The van der Waals surface area contributed by atoms with Crippen LogP contribution in [0.4, 0.5) is 5.69 Å². The van der Waals surface area contributed by atoms with Gasteiger partial charge in [-0.25, -0.2) is 5.01 Å². The molecule has 62 heavy (non-hydrogen) atoms. The summed E-state index contributed by atoms with van der Waals surface area (Å²) < 4.78 is 0. The first-order chi connectivity index (χ1) is 30.5. The molecule has 6 aromatic carbocycles. The number of hydrogen-bond donors (Lipinski definition) is 1. The smallest absolute Gasteiger partial charge is 0.125 e. The molecule has 2 N–H and O–H groups in total. The lowest BCUT2D eigenvalue weighted by molar-refractivity contribution is 0.735. The SMILES string of the molecule is C=C\C=C/C=C\C=C1\C=C/C=C\c2ccccc2C12C(=C)/C=C\C=C(\c1ccc(N(N=C)C(N)/C(=C\Cc3ccccc3)c3ccccc3)cc1)Cc1cc3ccccc3cc12. The molecular weight excluding hydrogens is 751 g/mol. The summed E-state index contributed by atoms with van der Waals surface area (Å²) in [6.45, 7) is 12.7.